The molecule has 8 heteroatoms. The zero-order valence-electron chi connectivity index (χ0n) is 11.4. The van der Waals surface area contributed by atoms with Gasteiger partial charge in [-0.05, 0) is 41.0 Å². The highest BCUT2D eigenvalue weighted by atomic mass is 79.9. The molecule has 0 radical (unpaired) electrons. The van der Waals surface area contributed by atoms with Crippen LogP contribution in [0, 0.1) is 0 Å². The molecular weight excluding hydrogens is 368 g/mol. The van der Waals surface area contributed by atoms with Gasteiger partial charge in [0.15, 0.2) is 5.75 Å². The third kappa shape index (κ3) is 4.89. The first-order chi connectivity index (χ1) is 9.42. The van der Waals surface area contributed by atoms with Gasteiger partial charge >= 0.3 is 0 Å². The van der Waals surface area contributed by atoms with E-state index in [1.807, 2.05) is 6.92 Å². The van der Waals surface area contributed by atoms with Gasteiger partial charge in [0.05, 0.1) is 11.6 Å². The molecule has 0 heterocycles. The lowest BCUT2D eigenvalue weighted by Gasteiger charge is -2.13. The van der Waals surface area contributed by atoms with Crippen molar-refractivity contribution in [1.82, 2.24) is 10.0 Å². The molecule has 1 rings (SSSR count). The van der Waals surface area contributed by atoms with Crippen LogP contribution < -0.4 is 14.8 Å². The topological polar surface area (TPSA) is 67.4 Å². The molecule has 2 N–H and O–H groups in total. The molecule has 0 fully saturated rings. The SMILES string of the molecule is CCCNCCNS(=O)(=O)c1cc(Cl)cc(Br)c1OC. The van der Waals surface area contributed by atoms with Gasteiger partial charge in [-0.1, -0.05) is 18.5 Å². The summed E-state index contributed by atoms with van der Waals surface area (Å²) in [4.78, 5) is 0.0230. The normalized spacial score (nSPS) is 11.6. The Bertz CT molecular complexity index is 552. The summed E-state index contributed by atoms with van der Waals surface area (Å²) in [6.07, 6.45) is 1.00. The maximum absolute atomic E-state index is 12.3. The Morgan fingerprint density at radius 3 is 2.60 bits per heavy atom. The molecule has 0 spiro atoms. The fourth-order valence-electron chi connectivity index (χ4n) is 1.59. The zero-order chi connectivity index (χ0) is 15.2. The van der Waals surface area contributed by atoms with Crippen molar-refractivity contribution >= 4 is 37.6 Å². The smallest absolute Gasteiger partial charge is 0.244 e. The second kappa shape index (κ2) is 8.19. The minimum atomic E-state index is -3.66. The van der Waals surface area contributed by atoms with E-state index in [0.29, 0.717) is 22.6 Å². The van der Waals surface area contributed by atoms with Crippen LogP contribution in [0.15, 0.2) is 21.5 Å². The molecule has 0 bridgehead atoms. The molecule has 1 aromatic carbocycles. The Labute approximate surface area is 133 Å². The fourth-order valence-corrected chi connectivity index (χ4v) is 4.00. The van der Waals surface area contributed by atoms with E-state index < -0.39 is 10.0 Å². The fraction of sp³-hybridized carbons (Fsp3) is 0.500. The van der Waals surface area contributed by atoms with Crippen LogP contribution in [0.3, 0.4) is 0 Å². The van der Waals surface area contributed by atoms with E-state index in [4.69, 9.17) is 16.3 Å². The number of benzene rings is 1. The van der Waals surface area contributed by atoms with Crippen molar-refractivity contribution in [3.8, 4) is 5.75 Å². The van der Waals surface area contributed by atoms with Gasteiger partial charge in [-0.2, -0.15) is 0 Å². The van der Waals surface area contributed by atoms with Crippen molar-refractivity contribution in [2.24, 2.45) is 0 Å². The molecule has 0 aliphatic rings. The lowest BCUT2D eigenvalue weighted by Crippen LogP contribution is -2.32. The Morgan fingerprint density at radius 1 is 1.30 bits per heavy atom. The van der Waals surface area contributed by atoms with Crippen LogP contribution in [0.1, 0.15) is 13.3 Å². The van der Waals surface area contributed by atoms with Gasteiger partial charge in [-0.25, -0.2) is 13.1 Å². The van der Waals surface area contributed by atoms with E-state index in [-0.39, 0.29) is 10.6 Å². The van der Waals surface area contributed by atoms with Crippen LogP contribution in [0.25, 0.3) is 0 Å². The Hall–Kier alpha value is -0.340. The monoisotopic (exact) mass is 384 g/mol. The average Bonchev–Trinajstić information content (AvgIpc) is 2.37. The molecule has 1 aromatic rings. The van der Waals surface area contributed by atoms with Crippen LogP contribution in [0.5, 0.6) is 5.75 Å². The molecule has 0 unspecified atom stereocenters. The lowest BCUT2D eigenvalue weighted by molar-refractivity contribution is 0.399. The Kier molecular flexibility index (Phi) is 7.25. The second-order valence-electron chi connectivity index (χ2n) is 4.07. The van der Waals surface area contributed by atoms with Crippen LogP contribution in [-0.2, 0) is 10.0 Å². The highest BCUT2D eigenvalue weighted by molar-refractivity contribution is 9.10. The van der Waals surface area contributed by atoms with E-state index in [0.717, 1.165) is 13.0 Å². The van der Waals surface area contributed by atoms with E-state index >= 15 is 0 Å². The summed E-state index contributed by atoms with van der Waals surface area (Å²) in [7, 11) is -2.25. The standard InChI is InChI=1S/C12H18BrClN2O3S/c1-3-4-15-5-6-16-20(17,18)11-8-9(14)7-10(13)12(11)19-2/h7-8,15-16H,3-6H2,1-2H3. The molecule has 0 aliphatic heterocycles. The van der Waals surface area contributed by atoms with Crippen molar-refractivity contribution in [1.29, 1.82) is 0 Å². The van der Waals surface area contributed by atoms with Crippen molar-refractivity contribution in [3.05, 3.63) is 21.6 Å². The molecule has 0 amide bonds. The summed E-state index contributed by atoms with van der Waals surface area (Å²) in [6.45, 7) is 3.77. The number of methoxy groups -OCH3 is 1. The molecule has 0 saturated carbocycles. The van der Waals surface area contributed by atoms with Crippen LogP contribution in [0.2, 0.25) is 5.02 Å². The first-order valence-electron chi connectivity index (χ1n) is 6.15. The molecule has 0 aromatic heterocycles. The first kappa shape index (κ1) is 17.7. The second-order valence-corrected chi connectivity index (χ2v) is 7.09. The number of halogens is 2. The van der Waals surface area contributed by atoms with Gasteiger partial charge in [0.2, 0.25) is 10.0 Å². The lowest BCUT2D eigenvalue weighted by atomic mass is 10.3. The van der Waals surface area contributed by atoms with Crippen LogP contribution in [-0.4, -0.2) is 35.2 Å². The van der Waals surface area contributed by atoms with Gasteiger partial charge in [-0.3, -0.25) is 0 Å². The third-order valence-corrected chi connectivity index (χ3v) is 4.76. The molecule has 20 heavy (non-hydrogen) atoms. The largest absolute Gasteiger partial charge is 0.494 e. The number of hydrogen-bond acceptors (Lipinski definition) is 4. The third-order valence-electron chi connectivity index (χ3n) is 2.49. The van der Waals surface area contributed by atoms with Gasteiger partial charge in [0.1, 0.15) is 4.90 Å². The molecular formula is C12H18BrClN2O3S. The first-order valence-corrected chi connectivity index (χ1v) is 8.81. The van der Waals surface area contributed by atoms with E-state index in [2.05, 4.69) is 26.0 Å². The summed E-state index contributed by atoms with van der Waals surface area (Å²) < 4.78 is 32.6. The van der Waals surface area contributed by atoms with Crippen LogP contribution >= 0.6 is 27.5 Å². The minimum absolute atomic E-state index is 0.0230. The number of sulfonamides is 1. The Morgan fingerprint density at radius 2 is 2.00 bits per heavy atom. The molecule has 114 valence electrons. The minimum Gasteiger partial charge on any atom is -0.494 e. The number of hydrogen-bond donors (Lipinski definition) is 2. The zero-order valence-corrected chi connectivity index (χ0v) is 14.5. The number of rotatable bonds is 8. The van der Waals surface area contributed by atoms with Gasteiger partial charge in [-0.15, -0.1) is 0 Å². The quantitative estimate of drug-likeness (QED) is 0.674. The molecule has 0 saturated heterocycles. The van der Waals surface area contributed by atoms with Crippen molar-refractivity contribution in [2.75, 3.05) is 26.7 Å². The maximum atomic E-state index is 12.3. The van der Waals surface area contributed by atoms with Crippen molar-refractivity contribution in [3.63, 3.8) is 0 Å². The predicted octanol–water partition coefficient (Wildman–Crippen LogP) is 2.39. The summed E-state index contributed by atoms with van der Waals surface area (Å²) >= 11 is 9.14. The van der Waals surface area contributed by atoms with Crippen molar-refractivity contribution < 1.29 is 13.2 Å². The van der Waals surface area contributed by atoms with Gasteiger partial charge in [0.25, 0.3) is 0 Å². The molecule has 0 aliphatic carbocycles. The average molecular weight is 386 g/mol. The summed E-state index contributed by atoms with van der Waals surface area (Å²) in [5, 5.41) is 3.44. The van der Waals surface area contributed by atoms with Gasteiger partial charge < -0.3 is 10.1 Å². The van der Waals surface area contributed by atoms with Gasteiger partial charge in [0, 0.05) is 18.1 Å². The molecule has 0 atom stereocenters. The van der Waals surface area contributed by atoms with E-state index in [9.17, 15) is 8.42 Å². The van der Waals surface area contributed by atoms with E-state index in [1.165, 1.54) is 13.2 Å². The van der Waals surface area contributed by atoms with Crippen molar-refractivity contribution in [2.45, 2.75) is 18.2 Å². The molecule has 5 nitrogen and oxygen atoms in total. The highest BCUT2D eigenvalue weighted by Gasteiger charge is 2.21. The van der Waals surface area contributed by atoms with Crippen LogP contribution in [0.4, 0.5) is 0 Å². The summed E-state index contributed by atoms with van der Waals surface area (Å²) in [5.74, 6) is 0.239. The summed E-state index contributed by atoms with van der Waals surface area (Å²) in [6, 6.07) is 2.95. The summed E-state index contributed by atoms with van der Waals surface area (Å²) in [5.41, 5.74) is 0. The highest BCUT2D eigenvalue weighted by Crippen LogP contribution is 2.35. The maximum Gasteiger partial charge on any atom is 0.244 e. The number of ether oxygens (including phenoxy) is 1. The predicted molar refractivity (Wildman–Crippen MR) is 84.1 cm³/mol. The number of nitrogens with one attached hydrogen (secondary N) is 2. The van der Waals surface area contributed by atoms with E-state index in [1.54, 1.807) is 6.07 Å². The Balaban J connectivity index is 2.87.